The van der Waals surface area contributed by atoms with Gasteiger partial charge in [0.05, 0.1) is 6.26 Å². The van der Waals surface area contributed by atoms with E-state index in [9.17, 15) is 9.59 Å². The zero-order chi connectivity index (χ0) is 13.1. The van der Waals surface area contributed by atoms with Crippen molar-refractivity contribution >= 4 is 23.4 Å². The molecule has 1 aromatic heterocycles. The molecule has 18 heavy (non-hydrogen) atoms. The van der Waals surface area contributed by atoms with Crippen LogP contribution < -0.4 is 0 Å². The molecule has 2 amide bonds. The Bertz CT molecular complexity index is 423. The van der Waals surface area contributed by atoms with Gasteiger partial charge in [0.1, 0.15) is 5.38 Å². The number of piperazine rings is 1. The van der Waals surface area contributed by atoms with Crippen LogP contribution in [0.25, 0.3) is 0 Å². The van der Waals surface area contributed by atoms with Crippen LogP contribution in [-0.4, -0.2) is 53.2 Å². The van der Waals surface area contributed by atoms with Gasteiger partial charge in [0.2, 0.25) is 5.91 Å². The van der Waals surface area contributed by atoms with Gasteiger partial charge in [-0.1, -0.05) is 0 Å². The van der Waals surface area contributed by atoms with Gasteiger partial charge in [-0.25, -0.2) is 0 Å². The lowest BCUT2D eigenvalue weighted by Gasteiger charge is -2.34. The van der Waals surface area contributed by atoms with Gasteiger partial charge in [-0.2, -0.15) is 0 Å². The Morgan fingerprint density at radius 3 is 2.39 bits per heavy atom. The van der Waals surface area contributed by atoms with Crippen LogP contribution in [0.1, 0.15) is 17.5 Å². The maximum Gasteiger partial charge on any atom is 0.289 e. The normalized spacial score (nSPS) is 17.7. The Morgan fingerprint density at radius 2 is 1.89 bits per heavy atom. The summed E-state index contributed by atoms with van der Waals surface area (Å²) in [6.07, 6.45) is 1.47. The monoisotopic (exact) mass is 270 g/mol. The predicted octanol–water partition coefficient (Wildman–Crippen LogP) is 1.19. The highest BCUT2D eigenvalue weighted by atomic mass is 35.5. The molecule has 98 valence electrons. The summed E-state index contributed by atoms with van der Waals surface area (Å²) < 4.78 is 5.07. The van der Waals surface area contributed by atoms with Crippen LogP contribution in [0.15, 0.2) is 22.8 Å². The summed E-state index contributed by atoms with van der Waals surface area (Å²) in [5.74, 6) is 0.119. The maximum atomic E-state index is 12.0. The van der Waals surface area contributed by atoms with Gasteiger partial charge < -0.3 is 14.2 Å². The van der Waals surface area contributed by atoms with E-state index in [1.165, 1.54) is 6.26 Å². The first kappa shape index (κ1) is 13.0. The molecule has 0 radical (unpaired) electrons. The van der Waals surface area contributed by atoms with Gasteiger partial charge in [-0.3, -0.25) is 9.59 Å². The van der Waals surface area contributed by atoms with Gasteiger partial charge >= 0.3 is 0 Å². The van der Waals surface area contributed by atoms with E-state index in [-0.39, 0.29) is 11.8 Å². The fourth-order valence-corrected chi connectivity index (χ4v) is 2.08. The van der Waals surface area contributed by atoms with Crippen molar-refractivity contribution in [1.82, 2.24) is 9.80 Å². The molecule has 0 saturated carbocycles. The van der Waals surface area contributed by atoms with Crippen molar-refractivity contribution in [3.63, 3.8) is 0 Å². The second-order valence-corrected chi connectivity index (χ2v) is 4.87. The highest BCUT2D eigenvalue weighted by Crippen LogP contribution is 2.11. The summed E-state index contributed by atoms with van der Waals surface area (Å²) in [7, 11) is 0. The molecule has 0 unspecified atom stereocenters. The smallest absolute Gasteiger partial charge is 0.289 e. The van der Waals surface area contributed by atoms with E-state index in [2.05, 4.69) is 0 Å². The number of amides is 2. The summed E-state index contributed by atoms with van der Waals surface area (Å²) in [5, 5.41) is -0.516. The summed E-state index contributed by atoms with van der Waals surface area (Å²) in [5.41, 5.74) is 0. The molecular formula is C12H15ClN2O3. The molecule has 1 saturated heterocycles. The average Bonchev–Trinajstić information content (AvgIpc) is 2.91. The highest BCUT2D eigenvalue weighted by Gasteiger charge is 2.27. The van der Waals surface area contributed by atoms with Crippen molar-refractivity contribution in [3.05, 3.63) is 24.2 Å². The third-order valence-electron chi connectivity index (χ3n) is 2.95. The zero-order valence-corrected chi connectivity index (χ0v) is 10.9. The first-order chi connectivity index (χ1) is 8.59. The molecule has 5 nitrogen and oxygen atoms in total. The number of nitrogens with zero attached hydrogens (tertiary/aromatic N) is 2. The minimum absolute atomic E-state index is 0.0817. The van der Waals surface area contributed by atoms with Gasteiger partial charge in [0, 0.05) is 26.2 Å². The Labute approximate surface area is 110 Å². The van der Waals surface area contributed by atoms with E-state index < -0.39 is 5.38 Å². The van der Waals surface area contributed by atoms with Crippen molar-refractivity contribution in [3.8, 4) is 0 Å². The molecule has 1 aromatic rings. The van der Waals surface area contributed by atoms with Gasteiger partial charge in [0.15, 0.2) is 5.76 Å². The minimum Gasteiger partial charge on any atom is -0.459 e. The molecule has 0 N–H and O–H groups in total. The van der Waals surface area contributed by atoms with Crippen molar-refractivity contribution < 1.29 is 14.0 Å². The highest BCUT2D eigenvalue weighted by molar-refractivity contribution is 6.30. The van der Waals surface area contributed by atoms with E-state index in [0.29, 0.717) is 31.9 Å². The van der Waals surface area contributed by atoms with Crippen LogP contribution in [0.4, 0.5) is 0 Å². The van der Waals surface area contributed by atoms with Crippen molar-refractivity contribution in [2.45, 2.75) is 12.3 Å². The van der Waals surface area contributed by atoms with Gasteiger partial charge in [-0.15, -0.1) is 11.6 Å². The van der Waals surface area contributed by atoms with Crippen molar-refractivity contribution in [2.24, 2.45) is 0 Å². The topological polar surface area (TPSA) is 53.8 Å². The summed E-state index contributed by atoms with van der Waals surface area (Å²) in [6, 6.07) is 3.32. The lowest BCUT2D eigenvalue weighted by atomic mass is 10.2. The van der Waals surface area contributed by atoms with E-state index in [4.69, 9.17) is 16.0 Å². The average molecular weight is 271 g/mol. The second kappa shape index (κ2) is 5.44. The van der Waals surface area contributed by atoms with Crippen LogP contribution in [0.3, 0.4) is 0 Å². The number of alkyl halides is 1. The number of hydrogen-bond acceptors (Lipinski definition) is 3. The molecule has 6 heteroatoms. The minimum atomic E-state index is -0.516. The Hall–Kier alpha value is -1.49. The molecule has 0 aromatic carbocycles. The number of halogens is 1. The molecule has 0 bridgehead atoms. The quantitative estimate of drug-likeness (QED) is 0.759. The lowest BCUT2D eigenvalue weighted by Crippen LogP contribution is -2.51. The van der Waals surface area contributed by atoms with Crippen LogP contribution in [-0.2, 0) is 4.79 Å². The number of carbonyl (C=O) groups is 2. The molecule has 2 heterocycles. The van der Waals surface area contributed by atoms with Crippen LogP contribution in [0.2, 0.25) is 0 Å². The summed E-state index contributed by atoms with van der Waals surface area (Å²) in [6.45, 7) is 3.71. The maximum absolute atomic E-state index is 12.0. The fourth-order valence-electron chi connectivity index (χ4n) is 1.94. The molecule has 1 aliphatic heterocycles. The Kier molecular flexibility index (Phi) is 3.91. The number of hydrogen-bond donors (Lipinski definition) is 0. The van der Waals surface area contributed by atoms with Crippen LogP contribution in [0.5, 0.6) is 0 Å². The fraction of sp³-hybridized carbons (Fsp3) is 0.500. The first-order valence-electron chi connectivity index (χ1n) is 5.85. The molecule has 1 atom stereocenters. The first-order valence-corrected chi connectivity index (χ1v) is 6.29. The van der Waals surface area contributed by atoms with Crippen LogP contribution >= 0.6 is 11.6 Å². The van der Waals surface area contributed by atoms with E-state index in [0.717, 1.165) is 0 Å². The van der Waals surface area contributed by atoms with Gasteiger partial charge in [-0.05, 0) is 19.1 Å². The third-order valence-corrected chi connectivity index (χ3v) is 3.14. The zero-order valence-electron chi connectivity index (χ0n) is 10.1. The van der Waals surface area contributed by atoms with E-state index in [1.807, 2.05) is 0 Å². The van der Waals surface area contributed by atoms with Crippen LogP contribution in [0, 0.1) is 0 Å². The number of carbonyl (C=O) groups excluding carboxylic acids is 2. The molecular weight excluding hydrogens is 256 g/mol. The standard InChI is InChI=1S/C12H15ClN2O3/c1-9(13)11(16)14-4-6-15(7-5-14)12(17)10-3-2-8-18-10/h2-3,8-9H,4-7H2,1H3/t9-/m1/s1. The molecule has 0 spiro atoms. The molecule has 2 rings (SSSR count). The number of rotatable bonds is 2. The SMILES string of the molecule is C[C@@H](Cl)C(=O)N1CCN(C(=O)c2ccco2)CC1. The lowest BCUT2D eigenvalue weighted by molar-refractivity contribution is -0.131. The van der Waals surface area contributed by atoms with E-state index in [1.54, 1.807) is 28.9 Å². The Balaban J connectivity index is 1.91. The third kappa shape index (κ3) is 2.67. The molecule has 1 fully saturated rings. The molecule has 0 aliphatic carbocycles. The Morgan fingerprint density at radius 1 is 1.28 bits per heavy atom. The summed E-state index contributed by atoms with van der Waals surface area (Å²) >= 11 is 5.75. The second-order valence-electron chi connectivity index (χ2n) is 4.21. The predicted molar refractivity (Wildman–Crippen MR) is 66.5 cm³/mol. The number of furan rings is 1. The van der Waals surface area contributed by atoms with Gasteiger partial charge in [0.25, 0.3) is 5.91 Å². The van der Waals surface area contributed by atoms with Crippen molar-refractivity contribution in [2.75, 3.05) is 26.2 Å². The molecule has 1 aliphatic rings. The largest absolute Gasteiger partial charge is 0.459 e. The van der Waals surface area contributed by atoms with E-state index >= 15 is 0 Å². The van der Waals surface area contributed by atoms with Crippen molar-refractivity contribution in [1.29, 1.82) is 0 Å². The summed E-state index contributed by atoms with van der Waals surface area (Å²) in [4.78, 5) is 27.0.